The summed E-state index contributed by atoms with van der Waals surface area (Å²) in [6, 6.07) is 11.3. The van der Waals surface area contributed by atoms with Crippen LogP contribution in [0.4, 0.5) is 11.5 Å². The average molecular weight is 509 g/mol. The van der Waals surface area contributed by atoms with Gasteiger partial charge in [0.2, 0.25) is 0 Å². The highest BCUT2D eigenvalue weighted by molar-refractivity contribution is 7.21. The first kappa shape index (κ1) is 25.7. The van der Waals surface area contributed by atoms with Gasteiger partial charge in [-0.3, -0.25) is 4.79 Å². The monoisotopic (exact) mass is 508 g/mol. The molecule has 3 heterocycles. The SMILES string of the molecule is CCCc1cc(N2CCC(NCC(O)COc3ccc(C#N)cc3)CC2)nc2sc(C(N)=O)c(N)c12. The highest BCUT2D eigenvalue weighted by Gasteiger charge is 2.24. The van der Waals surface area contributed by atoms with Gasteiger partial charge in [-0.15, -0.1) is 11.3 Å². The van der Waals surface area contributed by atoms with Crippen molar-refractivity contribution in [2.24, 2.45) is 5.73 Å². The molecule has 1 unspecified atom stereocenters. The van der Waals surface area contributed by atoms with Gasteiger partial charge in [-0.25, -0.2) is 4.98 Å². The molecule has 1 aromatic carbocycles. The van der Waals surface area contributed by atoms with E-state index in [-0.39, 0.29) is 6.61 Å². The van der Waals surface area contributed by atoms with Crippen molar-refractivity contribution >= 4 is 39.0 Å². The lowest BCUT2D eigenvalue weighted by Gasteiger charge is -2.34. The summed E-state index contributed by atoms with van der Waals surface area (Å²) in [6.07, 6.45) is 3.02. The number of benzene rings is 1. The Balaban J connectivity index is 1.31. The third-order valence-corrected chi connectivity index (χ3v) is 7.51. The molecule has 0 bridgehead atoms. The van der Waals surface area contributed by atoms with Crippen molar-refractivity contribution in [3.8, 4) is 11.8 Å². The molecule has 2 aromatic heterocycles. The number of amides is 1. The Morgan fingerprint density at radius 2 is 2.08 bits per heavy atom. The van der Waals surface area contributed by atoms with Crippen molar-refractivity contribution in [2.75, 3.05) is 36.9 Å². The summed E-state index contributed by atoms with van der Waals surface area (Å²) in [7, 11) is 0. The smallest absolute Gasteiger partial charge is 0.260 e. The van der Waals surface area contributed by atoms with Crippen LogP contribution < -0.4 is 26.4 Å². The van der Waals surface area contributed by atoms with Crippen molar-refractivity contribution in [2.45, 2.75) is 44.8 Å². The van der Waals surface area contributed by atoms with Crippen molar-refractivity contribution in [3.05, 3.63) is 46.3 Å². The predicted octanol–water partition coefficient (Wildman–Crippen LogP) is 2.80. The second-order valence-corrected chi connectivity index (χ2v) is 10.0. The number of thiophene rings is 1. The van der Waals surface area contributed by atoms with E-state index in [1.165, 1.54) is 11.3 Å². The van der Waals surface area contributed by atoms with E-state index in [0.717, 1.165) is 60.4 Å². The van der Waals surface area contributed by atoms with Crippen LogP contribution in [0.15, 0.2) is 30.3 Å². The lowest BCUT2D eigenvalue weighted by atomic mass is 10.0. The van der Waals surface area contributed by atoms with E-state index in [0.29, 0.717) is 34.5 Å². The fourth-order valence-electron chi connectivity index (χ4n) is 4.49. The summed E-state index contributed by atoms with van der Waals surface area (Å²) in [4.78, 5) is 20.0. The van der Waals surface area contributed by atoms with E-state index in [9.17, 15) is 9.90 Å². The number of ether oxygens (including phenoxy) is 1. The minimum atomic E-state index is -0.636. The number of hydrogen-bond acceptors (Lipinski definition) is 9. The normalized spacial score (nSPS) is 15.1. The Morgan fingerprint density at radius 3 is 2.72 bits per heavy atom. The Kier molecular flexibility index (Phi) is 8.25. The number of fused-ring (bicyclic) bond motifs is 1. The number of nitrogens with one attached hydrogen (secondary N) is 1. The van der Waals surface area contributed by atoms with E-state index in [4.69, 9.17) is 26.5 Å². The number of nitriles is 1. The quantitative estimate of drug-likeness (QED) is 0.326. The second kappa shape index (κ2) is 11.6. The van der Waals surface area contributed by atoms with Crippen molar-refractivity contribution in [3.63, 3.8) is 0 Å². The number of aryl methyl sites for hydroxylation is 1. The maximum Gasteiger partial charge on any atom is 0.260 e. The molecule has 0 aliphatic carbocycles. The molecule has 1 aliphatic heterocycles. The molecule has 4 rings (SSSR count). The number of aromatic nitrogens is 1. The number of nitrogen functional groups attached to an aromatic ring is 1. The van der Waals surface area contributed by atoms with E-state index in [2.05, 4.69) is 29.3 Å². The van der Waals surface area contributed by atoms with Crippen LogP contribution in [0.2, 0.25) is 0 Å². The van der Waals surface area contributed by atoms with Gasteiger partial charge >= 0.3 is 0 Å². The van der Waals surface area contributed by atoms with E-state index in [1.54, 1.807) is 24.3 Å². The molecular formula is C26H32N6O3S. The van der Waals surface area contributed by atoms with Crippen LogP contribution in [0.5, 0.6) is 5.75 Å². The Hall–Kier alpha value is -3.39. The predicted molar refractivity (Wildman–Crippen MR) is 142 cm³/mol. The van der Waals surface area contributed by atoms with Crippen LogP contribution >= 0.6 is 11.3 Å². The fraction of sp³-hybridized carbons (Fsp3) is 0.423. The van der Waals surface area contributed by atoms with Crippen molar-refractivity contribution in [1.29, 1.82) is 5.26 Å². The molecule has 0 saturated carbocycles. The number of carbonyl (C=O) groups is 1. The highest BCUT2D eigenvalue weighted by atomic mass is 32.1. The molecule has 10 heteroatoms. The van der Waals surface area contributed by atoms with Gasteiger partial charge in [0.1, 0.15) is 34.0 Å². The zero-order chi connectivity index (χ0) is 25.7. The summed E-state index contributed by atoms with van der Waals surface area (Å²) in [6.45, 7) is 4.41. The lowest BCUT2D eigenvalue weighted by Crippen LogP contribution is -2.45. The summed E-state index contributed by atoms with van der Waals surface area (Å²) >= 11 is 1.26. The fourth-order valence-corrected chi connectivity index (χ4v) is 5.48. The molecule has 0 spiro atoms. The molecule has 0 radical (unpaired) electrons. The summed E-state index contributed by atoms with van der Waals surface area (Å²) < 4.78 is 5.62. The van der Waals surface area contributed by atoms with E-state index >= 15 is 0 Å². The first-order valence-electron chi connectivity index (χ1n) is 12.2. The number of carbonyl (C=O) groups excluding carboxylic acids is 1. The summed E-state index contributed by atoms with van der Waals surface area (Å²) in [5.74, 6) is 1.01. The van der Waals surface area contributed by atoms with Gasteiger partial charge in [-0.1, -0.05) is 13.3 Å². The highest BCUT2D eigenvalue weighted by Crippen LogP contribution is 2.37. The van der Waals surface area contributed by atoms with Gasteiger partial charge in [0.05, 0.1) is 17.3 Å². The van der Waals surface area contributed by atoms with Gasteiger partial charge in [0, 0.05) is 31.1 Å². The van der Waals surface area contributed by atoms with Gasteiger partial charge < -0.3 is 31.5 Å². The number of hydrogen-bond donors (Lipinski definition) is 4. The standard InChI is InChI=1S/C26H32N6O3S/c1-2-3-17-12-21(31-26-22(17)23(28)24(36-26)25(29)34)32-10-8-18(9-11-32)30-14-19(33)15-35-20-6-4-16(13-27)5-7-20/h4-7,12,18-19,30,33H,2-3,8-11,14-15,28H2,1H3,(H2,29,34). The molecule has 190 valence electrons. The molecule has 1 amide bonds. The zero-order valence-corrected chi connectivity index (χ0v) is 21.2. The van der Waals surface area contributed by atoms with Crippen LogP contribution in [0.1, 0.15) is 47.0 Å². The van der Waals surface area contributed by atoms with Crippen molar-refractivity contribution < 1.29 is 14.6 Å². The molecular weight excluding hydrogens is 476 g/mol. The van der Waals surface area contributed by atoms with Crippen molar-refractivity contribution in [1.82, 2.24) is 10.3 Å². The summed E-state index contributed by atoms with van der Waals surface area (Å²) in [5, 5.41) is 23.5. The average Bonchev–Trinajstić information content (AvgIpc) is 3.23. The van der Waals surface area contributed by atoms with Gasteiger partial charge in [0.25, 0.3) is 5.91 Å². The minimum absolute atomic E-state index is 0.180. The van der Waals surface area contributed by atoms with Gasteiger partial charge in [-0.05, 0) is 55.2 Å². The molecule has 1 fully saturated rings. The van der Waals surface area contributed by atoms with E-state index in [1.807, 2.05) is 0 Å². The number of aliphatic hydroxyl groups excluding tert-OH is 1. The van der Waals surface area contributed by atoms with Gasteiger partial charge in [-0.2, -0.15) is 5.26 Å². The minimum Gasteiger partial charge on any atom is -0.491 e. The van der Waals surface area contributed by atoms with Crippen LogP contribution in [0, 0.1) is 11.3 Å². The maximum atomic E-state index is 11.8. The third kappa shape index (κ3) is 5.87. The zero-order valence-electron chi connectivity index (χ0n) is 20.4. The number of aliphatic hydroxyl groups is 1. The number of rotatable bonds is 10. The Bertz CT molecular complexity index is 1250. The number of nitrogens with two attached hydrogens (primary N) is 2. The van der Waals surface area contributed by atoms with Crippen LogP contribution in [0.25, 0.3) is 10.2 Å². The molecule has 1 atom stereocenters. The van der Waals surface area contributed by atoms with Crippen LogP contribution in [-0.2, 0) is 6.42 Å². The van der Waals surface area contributed by atoms with E-state index < -0.39 is 12.0 Å². The molecule has 1 saturated heterocycles. The number of pyridine rings is 1. The molecule has 36 heavy (non-hydrogen) atoms. The number of anilines is 2. The largest absolute Gasteiger partial charge is 0.491 e. The molecule has 1 aliphatic rings. The molecule has 9 nitrogen and oxygen atoms in total. The number of primary amides is 1. The number of nitrogens with zero attached hydrogens (tertiary/aromatic N) is 3. The Morgan fingerprint density at radius 1 is 1.36 bits per heavy atom. The topological polar surface area (TPSA) is 151 Å². The maximum absolute atomic E-state index is 11.8. The Labute approximate surface area is 214 Å². The first-order valence-corrected chi connectivity index (χ1v) is 13.0. The first-order chi connectivity index (χ1) is 17.4. The molecule has 3 aromatic rings. The second-order valence-electron chi connectivity index (χ2n) is 9.05. The van der Waals surface area contributed by atoms with Crippen LogP contribution in [0.3, 0.4) is 0 Å². The van der Waals surface area contributed by atoms with Gasteiger partial charge in [0.15, 0.2) is 0 Å². The third-order valence-electron chi connectivity index (χ3n) is 6.40. The number of piperidine rings is 1. The summed E-state index contributed by atoms with van der Waals surface area (Å²) in [5.41, 5.74) is 13.9. The van der Waals surface area contributed by atoms with Crippen LogP contribution in [-0.4, -0.2) is 54.4 Å². The molecule has 6 N–H and O–H groups in total. The lowest BCUT2D eigenvalue weighted by molar-refractivity contribution is 0.100.